The molecule has 0 aliphatic carbocycles. The van der Waals surface area contributed by atoms with Crippen LogP contribution in [0.4, 0.5) is 5.69 Å². The highest BCUT2D eigenvalue weighted by molar-refractivity contribution is 7.93. The van der Waals surface area contributed by atoms with Gasteiger partial charge < -0.3 is 18.9 Å². The second-order valence-corrected chi connectivity index (χ2v) is 7.69. The lowest BCUT2D eigenvalue weighted by Crippen LogP contribution is -2.04. The van der Waals surface area contributed by atoms with E-state index in [1.807, 2.05) is 0 Å². The summed E-state index contributed by atoms with van der Waals surface area (Å²) in [5.41, 5.74) is 0.110. The van der Waals surface area contributed by atoms with Gasteiger partial charge in [-0.15, -0.1) is 0 Å². The third-order valence-electron chi connectivity index (χ3n) is 4.04. The fourth-order valence-electron chi connectivity index (χ4n) is 2.60. The molecule has 0 amide bonds. The van der Waals surface area contributed by atoms with Gasteiger partial charge in [0.15, 0.2) is 9.84 Å². The van der Waals surface area contributed by atoms with E-state index in [1.54, 1.807) is 12.1 Å². The third kappa shape index (κ3) is 5.38. The lowest BCUT2D eigenvalue weighted by atomic mass is 10.1. The molecule has 0 saturated heterocycles. The molecule has 0 aliphatic rings. The number of sulfone groups is 1. The lowest BCUT2D eigenvalue weighted by Gasteiger charge is -2.12. The molecule has 0 spiro atoms. The molecule has 29 heavy (non-hydrogen) atoms. The summed E-state index contributed by atoms with van der Waals surface area (Å²) in [6, 6.07) is 7.18. The molecule has 0 N–H and O–H groups in total. The predicted octanol–water partition coefficient (Wildman–Crippen LogP) is 3.21. The number of nitro benzene ring substituents is 1. The summed E-state index contributed by atoms with van der Waals surface area (Å²) in [5.74, 6) is 0.893. The summed E-state index contributed by atoms with van der Waals surface area (Å²) in [5, 5.41) is 12.2. The van der Waals surface area contributed by atoms with Crippen LogP contribution < -0.4 is 18.9 Å². The van der Waals surface area contributed by atoms with Gasteiger partial charge in [0.1, 0.15) is 23.0 Å². The molecule has 0 fully saturated rings. The van der Waals surface area contributed by atoms with Gasteiger partial charge >= 0.3 is 0 Å². The van der Waals surface area contributed by atoms with Crippen molar-refractivity contribution in [2.75, 3.05) is 28.4 Å². The van der Waals surface area contributed by atoms with Gasteiger partial charge in [0.2, 0.25) is 0 Å². The third-order valence-corrected chi connectivity index (χ3v) is 5.31. The summed E-state index contributed by atoms with van der Waals surface area (Å²) < 4.78 is 45.8. The number of hydrogen-bond donors (Lipinski definition) is 0. The molecule has 0 saturated carbocycles. The van der Waals surface area contributed by atoms with E-state index in [1.165, 1.54) is 52.7 Å². The van der Waals surface area contributed by atoms with Crippen LogP contribution in [0.1, 0.15) is 11.1 Å². The number of nitrogens with zero attached hydrogens (tertiary/aromatic N) is 1. The van der Waals surface area contributed by atoms with Crippen LogP contribution in [0.15, 0.2) is 35.7 Å². The second-order valence-electron chi connectivity index (χ2n) is 5.81. The van der Waals surface area contributed by atoms with Gasteiger partial charge in [-0.3, -0.25) is 10.1 Å². The Bertz CT molecular complexity index is 1010. The first-order valence-corrected chi connectivity index (χ1v) is 9.98. The summed E-state index contributed by atoms with van der Waals surface area (Å²) in [6.07, 6.45) is 1.32. The second kappa shape index (κ2) is 9.28. The normalized spacial score (nSPS) is 11.3. The van der Waals surface area contributed by atoms with Crippen LogP contribution in [0, 0.1) is 10.1 Å². The van der Waals surface area contributed by atoms with Gasteiger partial charge in [0.25, 0.3) is 5.69 Å². The Hall–Kier alpha value is -3.27. The first-order valence-electron chi connectivity index (χ1n) is 8.26. The predicted molar refractivity (Wildman–Crippen MR) is 107 cm³/mol. The summed E-state index contributed by atoms with van der Waals surface area (Å²) in [6.45, 7) is 0. The maximum Gasteiger partial charge on any atom is 0.277 e. The van der Waals surface area contributed by atoms with Crippen LogP contribution in [0.2, 0.25) is 0 Å². The van der Waals surface area contributed by atoms with E-state index in [9.17, 15) is 18.5 Å². The molecule has 0 radical (unpaired) electrons. The standard InChI is InChI=1S/C19H21NO8S/c1-25-14-6-5-13(17(9-14)20(21)22)12-29(23,24)8-7-16-18(27-3)10-15(26-2)11-19(16)28-4/h5-11H,12H2,1-4H3/b8-7+. The van der Waals surface area contributed by atoms with Gasteiger partial charge in [-0.2, -0.15) is 0 Å². The minimum atomic E-state index is -3.84. The number of nitro groups is 1. The molecule has 0 aromatic heterocycles. The zero-order valence-corrected chi connectivity index (χ0v) is 17.2. The maximum absolute atomic E-state index is 12.6. The van der Waals surface area contributed by atoms with Crippen LogP contribution in [0.25, 0.3) is 6.08 Å². The van der Waals surface area contributed by atoms with E-state index >= 15 is 0 Å². The van der Waals surface area contributed by atoms with Crippen LogP contribution >= 0.6 is 0 Å². The smallest absolute Gasteiger partial charge is 0.277 e. The molecular formula is C19H21NO8S. The monoisotopic (exact) mass is 423 g/mol. The molecular weight excluding hydrogens is 402 g/mol. The molecule has 0 heterocycles. The van der Waals surface area contributed by atoms with Crippen molar-refractivity contribution < 1.29 is 32.3 Å². The minimum Gasteiger partial charge on any atom is -0.497 e. The van der Waals surface area contributed by atoms with Gasteiger partial charge in [-0.25, -0.2) is 8.42 Å². The van der Waals surface area contributed by atoms with Crippen molar-refractivity contribution in [1.29, 1.82) is 0 Å². The average molecular weight is 423 g/mol. The van der Waals surface area contributed by atoms with E-state index in [-0.39, 0.29) is 17.0 Å². The first kappa shape index (κ1) is 22.0. The fourth-order valence-corrected chi connectivity index (χ4v) is 3.71. The quantitative estimate of drug-likeness (QED) is 0.446. The number of methoxy groups -OCH3 is 4. The van der Waals surface area contributed by atoms with E-state index in [4.69, 9.17) is 18.9 Å². The zero-order valence-electron chi connectivity index (χ0n) is 16.4. The molecule has 0 unspecified atom stereocenters. The van der Waals surface area contributed by atoms with Gasteiger partial charge in [-0.05, 0) is 18.2 Å². The highest BCUT2D eigenvalue weighted by Crippen LogP contribution is 2.35. The summed E-state index contributed by atoms with van der Waals surface area (Å²) in [4.78, 5) is 10.6. The molecule has 9 nitrogen and oxygen atoms in total. The SMILES string of the molecule is COc1cc(OC)c(/C=C/S(=O)(=O)Cc2ccc(OC)cc2[N+](=O)[O-])c(OC)c1. The molecule has 2 rings (SSSR count). The molecule has 156 valence electrons. The van der Waals surface area contributed by atoms with Crippen molar-refractivity contribution in [2.24, 2.45) is 0 Å². The van der Waals surface area contributed by atoms with Crippen LogP contribution in [0.3, 0.4) is 0 Å². The van der Waals surface area contributed by atoms with Crippen molar-refractivity contribution in [3.8, 4) is 23.0 Å². The van der Waals surface area contributed by atoms with E-state index < -0.39 is 20.5 Å². The summed E-state index contributed by atoms with van der Waals surface area (Å²) in [7, 11) is 1.87. The van der Waals surface area contributed by atoms with Crippen LogP contribution in [0.5, 0.6) is 23.0 Å². The number of rotatable bonds is 9. The highest BCUT2D eigenvalue weighted by atomic mass is 32.2. The number of ether oxygens (including phenoxy) is 4. The minimum absolute atomic E-state index is 0.0501. The fraction of sp³-hybridized carbons (Fsp3) is 0.263. The van der Waals surface area contributed by atoms with Gasteiger partial charge in [-0.1, -0.05) is 0 Å². The number of hydrogen-bond acceptors (Lipinski definition) is 8. The molecule has 0 atom stereocenters. The Balaban J connectivity index is 2.40. The highest BCUT2D eigenvalue weighted by Gasteiger charge is 2.20. The zero-order chi connectivity index (χ0) is 21.6. The van der Waals surface area contributed by atoms with Gasteiger partial charge in [0, 0.05) is 23.1 Å². The maximum atomic E-state index is 12.6. The molecule has 2 aromatic carbocycles. The Morgan fingerprint density at radius 2 is 1.52 bits per heavy atom. The van der Waals surface area contributed by atoms with E-state index in [0.29, 0.717) is 22.8 Å². The van der Waals surface area contributed by atoms with E-state index in [0.717, 1.165) is 5.41 Å². The Morgan fingerprint density at radius 3 is 2.00 bits per heavy atom. The Morgan fingerprint density at radius 1 is 0.931 bits per heavy atom. The molecule has 0 aliphatic heterocycles. The topological polar surface area (TPSA) is 114 Å². The van der Waals surface area contributed by atoms with Crippen molar-refractivity contribution in [3.05, 3.63) is 57.0 Å². The van der Waals surface area contributed by atoms with Crippen molar-refractivity contribution in [3.63, 3.8) is 0 Å². The van der Waals surface area contributed by atoms with Crippen molar-refractivity contribution in [1.82, 2.24) is 0 Å². The van der Waals surface area contributed by atoms with Crippen molar-refractivity contribution >= 4 is 21.6 Å². The molecule has 0 bridgehead atoms. The number of benzene rings is 2. The first-order chi connectivity index (χ1) is 13.7. The molecule has 2 aromatic rings. The Kier molecular flexibility index (Phi) is 7.05. The van der Waals surface area contributed by atoms with Crippen LogP contribution in [-0.2, 0) is 15.6 Å². The molecule has 10 heteroatoms. The van der Waals surface area contributed by atoms with Gasteiger partial charge in [0.05, 0.1) is 50.7 Å². The average Bonchev–Trinajstić information content (AvgIpc) is 2.71. The van der Waals surface area contributed by atoms with E-state index in [2.05, 4.69) is 0 Å². The van der Waals surface area contributed by atoms with Crippen molar-refractivity contribution in [2.45, 2.75) is 5.75 Å². The Labute approximate surface area is 168 Å². The summed E-state index contributed by atoms with van der Waals surface area (Å²) >= 11 is 0. The largest absolute Gasteiger partial charge is 0.497 e. The van der Waals surface area contributed by atoms with Crippen LogP contribution in [-0.4, -0.2) is 41.8 Å². The lowest BCUT2D eigenvalue weighted by molar-refractivity contribution is -0.385.